The molecular formula is C13H15BrFN3O2. The number of carbonyl (C=O) groups excluding carboxylic acids is 1. The standard InChI is InChI=1S/C13H15BrFN3O2/c1-7-5-9(15)8(14)6-10(7)17-12(19)13(3-2-4-13)11(16)18-20/h5-6,20H,2-4H2,1H3,(H2,16,18)(H,17,19). The Kier molecular flexibility index (Phi) is 3.99. The van der Waals surface area contributed by atoms with Crippen LogP contribution < -0.4 is 11.1 Å². The lowest BCUT2D eigenvalue weighted by atomic mass is 9.67. The van der Waals surface area contributed by atoms with Gasteiger partial charge in [-0.15, -0.1) is 0 Å². The van der Waals surface area contributed by atoms with E-state index in [0.29, 0.717) is 24.1 Å². The predicted octanol–water partition coefficient (Wildman–Crippen LogP) is 2.75. The second kappa shape index (κ2) is 5.40. The molecule has 1 aliphatic rings. The maximum atomic E-state index is 13.4. The predicted molar refractivity (Wildman–Crippen MR) is 77.2 cm³/mol. The van der Waals surface area contributed by atoms with Crippen LogP contribution in [0.5, 0.6) is 0 Å². The number of halogens is 2. The summed E-state index contributed by atoms with van der Waals surface area (Å²) in [4.78, 5) is 12.4. The van der Waals surface area contributed by atoms with E-state index in [4.69, 9.17) is 10.9 Å². The zero-order valence-corrected chi connectivity index (χ0v) is 12.5. The third kappa shape index (κ3) is 2.37. The van der Waals surface area contributed by atoms with Crippen molar-refractivity contribution in [3.05, 3.63) is 28.0 Å². The van der Waals surface area contributed by atoms with E-state index in [1.165, 1.54) is 12.1 Å². The van der Waals surface area contributed by atoms with Crippen LogP contribution in [-0.4, -0.2) is 17.0 Å². The van der Waals surface area contributed by atoms with Crippen LogP contribution in [0.3, 0.4) is 0 Å². The molecule has 1 aromatic carbocycles. The minimum atomic E-state index is -0.956. The molecular weight excluding hydrogens is 329 g/mol. The maximum absolute atomic E-state index is 13.4. The molecule has 7 heteroatoms. The quantitative estimate of drug-likeness (QED) is 0.341. The first-order valence-corrected chi connectivity index (χ1v) is 6.95. The van der Waals surface area contributed by atoms with Gasteiger partial charge >= 0.3 is 0 Å². The minimum absolute atomic E-state index is 0.0833. The molecule has 4 N–H and O–H groups in total. The number of hydrogen-bond acceptors (Lipinski definition) is 3. The van der Waals surface area contributed by atoms with Crippen LogP contribution >= 0.6 is 15.9 Å². The Balaban J connectivity index is 2.26. The fourth-order valence-corrected chi connectivity index (χ4v) is 2.59. The monoisotopic (exact) mass is 343 g/mol. The molecule has 0 saturated heterocycles. The van der Waals surface area contributed by atoms with E-state index < -0.39 is 11.2 Å². The molecule has 0 aliphatic heterocycles. The second-order valence-electron chi connectivity index (χ2n) is 4.96. The molecule has 1 fully saturated rings. The third-order valence-electron chi connectivity index (χ3n) is 3.76. The van der Waals surface area contributed by atoms with Crippen molar-refractivity contribution in [2.24, 2.45) is 16.3 Å². The lowest BCUT2D eigenvalue weighted by Gasteiger charge is -2.38. The van der Waals surface area contributed by atoms with Gasteiger partial charge in [0.1, 0.15) is 11.2 Å². The van der Waals surface area contributed by atoms with E-state index in [-0.39, 0.29) is 16.2 Å². The van der Waals surface area contributed by atoms with Gasteiger partial charge < -0.3 is 16.3 Å². The number of aryl methyl sites for hydroxylation is 1. The molecule has 20 heavy (non-hydrogen) atoms. The van der Waals surface area contributed by atoms with Crippen molar-refractivity contribution in [2.75, 3.05) is 5.32 Å². The largest absolute Gasteiger partial charge is 0.409 e. The van der Waals surface area contributed by atoms with Crippen LogP contribution in [0.25, 0.3) is 0 Å². The zero-order valence-electron chi connectivity index (χ0n) is 10.9. The van der Waals surface area contributed by atoms with E-state index in [1.54, 1.807) is 6.92 Å². The van der Waals surface area contributed by atoms with Crippen LogP contribution in [0.2, 0.25) is 0 Å². The molecule has 108 valence electrons. The SMILES string of the molecule is Cc1cc(F)c(Br)cc1NC(=O)C1(/C(N)=N/O)CCC1. The molecule has 1 aromatic rings. The summed E-state index contributed by atoms with van der Waals surface area (Å²) < 4.78 is 13.6. The summed E-state index contributed by atoms with van der Waals surface area (Å²) in [5.41, 5.74) is 5.78. The molecule has 0 atom stereocenters. The van der Waals surface area contributed by atoms with E-state index in [1.807, 2.05) is 0 Å². The van der Waals surface area contributed by atoms with Gasteiger partial charge in [-0.1, -0.05) is 11.6 Å². The van der Waals surface area contributed by atoms with Crippen molar-refractivity contribution in [2.45, 2.75) is 26.2 Å². The molecule has 0 unspecified atom stereocenters. The van der Waals surface area contributed by atoms with E-state index in [9.17, 15) is 9.18 Å². The highest BCUT2D eigenvalue weighted by Crippen LogP contribution is 2.42. The van der Waals surface area contributed by atoms with Gasteiger partial charge in [0.05, 0.1) is 4.47 Å². The first-order valence-electron chi connectivity index (χ1n) is 6.16. The maximum Gasteiger partial charge on any atom is 0.238 e. The Labute approximate surface area is 124 Å². The van der Waals surface area contributed by atoms with Crippen molar-refractivity contribution < 1.29 is 14.4 Å². The average Bonchev–Trinajstić information content (AvgIpc) is 2.34. The second-order valence-corrected chi connectivity index (χ2v) is 5.81. The smallest absolute Gasteiger partial charge is 0.238 e. The summed E-state index contributed by atoms with van der Waals surface area (Å²) >= 11 is 3.08. The molecule has 1 saturated carbocycles. The molecule has 0 heterocycles. The number of carbonyl (C=O) groups is 1. The molecule has 0 bridgehead atoms. The van der Waals surface area contributed by atoms with Crippen molar-refractivity contribution in [3.63, 3.8) is 0 Å². The number of amidine groups is 1. The van der Waals surface area contributed by atoms with Crippen LogP contribution in [0.1, 0.15) is 24.8 Å². The molecule has 1 amide bonds. The van der Waals surface area contributed by atoms with E-state index >= 15 is 0 Å². The van der Waals surface area contributed by atoms with Crippen LogP contribution in [-0.2, 0) is 4.79 Å². The van der Waals surface area contributed by atoms with Gasteiger partial charge in [0.15, 0.2) is 5.84 Å². The van der Waals surface area contributed by atoms with Crippen molar-refractivity contribution >= 4 is 33.4 Å². The summed E-state index contributed by atoms with van der Waals surface area (Å²) in [6, 6.07) is 2.83. The number of nitrogens with one attached hydrogen (secondary N) is 1. The highest BCUT2D eigenvalue weighted by atomic mass is 79.9. The number of benzene rings is 1. The van der Waals surface area contributed by atoms with E-state index in [0.717, 1.165) is 6.42 Å². The number of amides is 1. The first-order chi connectivity index (χ1) is 9.40. The fourth-order valence-electron chi connectivity index (χ4n) is 2.25. The summed E-state index contributed by atoms with van der Waals surface area (Å²) in [7, 11) is 0. The fraction of sp³-hybridized carbons (Fsp3) is 0.385. The normalized spacial score (nSPS) is 17.4. The molecule has 2 rings (SSSR count). The summed E-state index contributed by atoms with van der Waals surface area (Å²) in [6.45, 7) is 1.70. The number of rotatable bonds is 3. The summed E-state index contributed by atoms with van der Waals surface area (Å²) in [5.74, 6) is -0.809. The van der Waals surface area contributed by atoms with Crippen LogP contribution in [0, 0.1) is 18.2 Å². The molecule has 1 aliphatic carbocycles. The Morgan fingerprint density at radius 3 is 2.70 bits per heavy atom. The van der Waals surface area contributed by atoms with E-state index in [2.05, 4.69) is 26.4 Å². The van der Waals surface area contributed by atoms with Gasteiger partial charge in [0.25, 0.3) is 0 Å². The van der Waals surface area contributed by atoms with Gasteiger partial charge in [-0.3, -0.25) is 4.79 Å². The number of anilines is 1. The highest BCUT2D eigenvalue weighted by Gasteiger charge is 2.48. The van der Waals surface area contributed by atoms with Gasteiger partial charge in [0, 0.05) is 5.69 Å². The van der Waals surface area contributed by atoms with Crippen molar-refractivity contribution in [3.8, 4) is 0 Å². The summed E-state index contributed by atoms with van der Waals surface area (Å²) in [6.07, 6.45) is 1.92. The number of hydrogen-bond donors (Lipinski definition) is 3. The van der Waals surface area contributed by atoms with Gasteiger partial charge in [-0.05, 0) is 53.4 Å². The Bertz CT molecular complexity index is 585. The van der Waals surface area contributed by atoms with Gasteiger partial charge in [-0.25, -0.2) is 4.39 Å². The van der Waals surface area contributed by atoms with Crippen LogP contribution in [0.15, 0.2) is 21.8 Å². The number of oxime groups is 1. The zero-order chi connectivity index (χ0) is 14.9. The number of nitrogens with zero attached hydrogens (tertiary/aromatic N) is 1. The molecule has 0 aromatic heterocycles. The van der Waals surface area contributed by atoms with Crippen molar-refractivity contribution in [1.29, 1.82) is 0 Å². The lowest BCUT2D eigenvalue weighted by molar-refractivity contribution is -0.125. The Morgan fingerprint density at radius 2 is 2.20 bits per heavy atom. The highest BCUT2D eigenvalue weighted by molar-refractivity contribution is 9.10. The van der Waals surface area contributed by atoms with Gasteiger partial charge in [-0.2, -0.15) is 0 Å². The Morgan fingerprint density at radius 1 is 1.55 bits per heavy atom. The molecule has 0 radical (unpaired) electrons. The molecule has 5 nitrogen and oxygen atoms in total. The van der Waals surface area contributed by atoms with Crippen molar-refractivity contribution in [1.82, 2.24) is 0 Å². The lowest BCUT2D eigenvalue weighted by Crippen LogP contribution is -2.51. The average molecular weight is 344 g/mol. The number of nitrogens with two attached hydrogens (primary N) is 1. The van der Waals surface area contributed by atoms with Gasteiger partial charge in [0.2, 0.25) is 5.91 Å². The minimum Gasteiger partial charge on any atom is -0.409 e. The molecule has 0 spiro atoms. The van der Waals surface area contributed by atoms with Crippen LogP contribution in [0.4, 0.5) is 10.1 Å². The third-order valence-corrected chi connectivity index (χ3v) is 4.36. The first kappa shape index (κ1) is 14.8. The Hall–Kier alpha value is -1.63. The summed E-state index contributed by atoms with van der Waals surface area (Å²) in [5, 5.41) is 14.5. The topological polar surface area (TPSA) is 87.7 Å².